The number of rotatable bonds is 9. The third-order valence-electron chi connectivity index (χ3n) is 6.65. The van der Waals surface area contributed by atoms with Crippen LogP contribution in [0.25, 0.3) is 0 Å². The largest absolute Gasteiger partial charge is 0.352 e. The number of carbonyl (C=O) groups excluding carboxylic acids is 1. The molecule has 1 aliphatic rings. The Balaban J connectivity index is 1.60. The molecule has 34 heavy (non-hydrogen) atoms. The first-order chi connectivity index (χ1) is 16.2. The molecule has 3 unspecified atom stereocenters. The van der Waals surface area contributed by atoms with Crippen LogP contribution in [-0.4, -0.2) is 20.9 Å². The van der Waals surface area contributed by atoms with Crippen molar-refractivity contribution >= 4 is 15.9 Å². The van der Waals surface area contributed by atoms with Crippen molar-refractivity contribution in [2.75, 3.05) is 6.54 Å². The molecule has 3 atom stereocenters. The number of sulfonamides is 1. The first-order valence-corrected chi connectivity index (χ1v) is 13.2. The zero-order valence-electron chi connectivity index (χ0n) is 20.0. The summed E-state index contributed by atoms with van der Waals surface area (Å²) in [4.78, 5) is 12.9. The van der Waals surface area contributed by atoms with E-state index < -0.39 is 10.0 Å². The van der Waals surface area contributed by atoms with Crippen molar-refractivity contribution in [3.05, 3.63) is 77.4 Å². The van der Waals surface area contributed by atoms with Crippen LogP contribution in [0, 0.1) is 35.0 Å². The van der Waals surface area contributed by atoms with E-state index >= 15 is 0 Å². The lowest BCUT2D eigenvalue weighted by Gasteiger charge is -2.37. The summed E-state index contributed by atoms with van der Waals surface area (Å²) in [5.74, 6) is 0.845. The number of carbonyl (C=O) groups is 1. The standard InChI is InChI=1S/C27H33N3O3S/c1-19(2)26-14-23(15-27(31)29-17-22-11-9-21(16-28)10-12-22)20(3)13-24(26)18-30-34(32,33)25-7-5-4-6-8-25/h4-13,19,23-24,26,30H,14-15,17-18H2,1-3H3,(H,29,31). The van der Waals surface area contributed by atoms with Crippen LogP contribution in [-0.2, 0) is 21.4 Å². The molecular formula is C27H33N3O3S. The van der Waals surface area contributed by atoms with Gasteiger partial charge in [-0.1, -0.05) is 55.8 Å². The van der Waals surface area contributed by atoms with E-state index in [1.54, 1.807) is 42.5 Å². The molecule has 6 nitrogen and oxygen atoms in total. The maximum Gasteiger partial charge on any atom is 0.240 e. The number of hydrogen-bond donors (Lipinski definition) is 2. The van der Waals surface area contributed by atoms with E-state index in [-0.39, 0.29) is 28.6 Å². The number of nitriles is 1. The lowest BCUT2D eigenvalue weighted by molar-refractivity contribution is -0.122. The quantitative estimate of drug-likeness (QED) is 0.521. The Labute approximate surface area is 203 Å². The van der Waals surface area contributed by atoms with Gasteiger partial charge in [-0.25, -0.2) is 13.1 Å². The highest BCUT2D eigenvalue weighted by Crippen LogP contribution is 2.38. The molecule has 0 saturated heterocycles. The minimum absolute atomic E-state index is 0.00662. The van der Waals surface area contributed by atoms with Gasteiger partial charge in [-0.2, -0.15) is 5.26 Å². The molecule has 0 fully saturated rings. The summed E-state index contributed by atoms with van der Waals surface area (Å²) < 4.78 is 28.1. The van der Waals surface area contributed by atoms with Crippen molar-refractivity contribution < 1.29 is 13.2 Å². The van der Waals surface area contributed by atoms with Crippen LogP contribution in [0.4, 0.5) is 0 Å². The van der Waals surface area contributed by atoms with Crippen LogP contribution in [0.1, 0.15) is 44.7 Å². The van der Waals surface area contributed by atoms with E-state index in [2.05, 4.69) is 36.0 Å². The van der Waals surface area contributed by atoms with E-state index in [9.17, 15) is 13.2 Å². The van der Waals surface area contributed by atoms with Crippen LogP contribution < -0.4 is 10.0 Å². The molecule has 1 aliphatic carbocycles. The molecule has 2 N–H and O–H groups in total. The fourth-order valence-corrected chi connectivity index (χ4v) is 5.68. The lowest BCUT2D eigenvalue weighted by atomic mass is 9.70. The van der Waals surface area contributed by atoms with Crippen LogP contribution in [0.15, 0.2) is 71.1 Å². The summed E-state index contributed by atoms with van der Waals surface area (Å²) in [6.45, 7) is 7.11. The highest BCUT2D eigenvalue weighted by Gasteiger charge is 2.33. The highest BCUT2D eigenvalue weighted by atomic mass is 32.2. The van der Waals surface area contributed by atoms with Crippen molar-refractivity contribution in [2.24, 2.45) is 23.7 Å². The SMILES string of the molecule is CC1=CC(CNS(=O)(=O)c2ccccc2)C(C(C)C)CC1CC(=O)NCc1ccc(C#N)cc1. The summed E-state index contributed by atoms with van der Waals surface area (Å²) in [6.07, 6.45) is 3.41. The monoisotopic (exact) mass is 479 g/mol. The third kappa shape index (κ3) is 6.78. The minimum Gasteiger partial charge on any atom is -0.352 e. The molecule has 7 heteroatoms. The van der Waals surface area contributed by atoms with Crippen molar-refractivity contribution in [3.63, 3.8) is 0 Å². The Hall–Kier alpha value is -2.95. The number of hydrogen-bond acceptors (Lipinski definition) is 4. The Morgan fingerprint density at radius 1 is 1.12 bits per heavy atom. The average molecular weight is 480 g/mol. The smallest absolute Gasteiger partial charge is 0.240 e. The molecule has 0 saturated carbocycles. The van der Waals surface area contributed by atoms with Gasteiger partial charge >= 0.3 is 0 Å². The lowest BCUT2D eigenvalue weighted by Crippen LogP contribution is -2.37. The normalized spacial score (nSPS) is 20.4. The summed E-state index contributed by atoms with van der Waals surface area (Å²) in [5, 5.41) is 11.9. The molecule has 0 spiro atoms. The van der Waals surface area contributed by atoms with Crippen LogP contribution >= 0.6 is 0 Å². The topological polar surface area (TPSA) is 99.1 Å². The second kappa shape index (κ2) is 11.5. The summed E-state index contributed by atoms with van der Waals surface area (Å²) in [7, 11) is -3.56. The number of amides is 1. The molecule has 0 heterocycles. The Bertz CT molecular complexity index is 1150. The first kappa shape index (κ1) is 25.7. The highest BCUT2D eigenvalue weighted by molar-refractivity contribution is 7.89. The molecular weight excluding hydrogens is 446 g/mol. The predicted octanol–water partition coefficient (Wildman–Crippen LogP) is 4.40. The van der Waals surface area contributed by atoms with Crippen molar-refractivity contribution in [1.29, 1.82) is 5.26 Å². The van der Waals surface area contributed by atoms with Gasteiger partial charge in [-0.15, -0.1) is 0 Å². The van der Waals surface area contributed by atoms with Gasteiger partial charge in [-0.3, -0.25) is 4.79 Å². The van der Waals surface area contributed by atoms with Gasteiger partial charge in [0.2, 0.25) is 15.9 Å². The Kier molecular flexibility index (Phi) is 8.65. The molecule has 180 valence electrons. The maximum absolute atomic E-state index is 12.7. The summed E-state index contributed by atoms with van der Waals surface area (Å²) in [6, 6.07) is 17.7. The molecule has 2 aromatic carbocycles. The molecule has 0 radical (unpaired) electrons. The van der Waals surface area contributed by atoms with Crippen molar-refractivity contribution in [2.45, 2.75) is 45.1 Å². The van der Waals surface area contributed by atoms with Gasteiger partial charge < -0.3 is 5.32 Å². The molecule has 0 aromatic heterocycles. The van der Waals surface area contributed by atoms with Crippen LogP contribution in [0.2, 0.25) is 0 Å². The molecule has 0 bridgehead atoms. The van der Waals surface area contributed by atoms with Crippen molar-refractivity contribution in [1.82, 2.24) is 10.0 Å². The van der Waals surface area contributed by atoms with Crippen LogP contribution in [0.3, 0.4) is 0 Å². The zero-order chi connectivity index (χ0) is 24.7. The van der Waals surface area contributed by atoms with Gasteiger partial charge in [0.15, 0.2) is 0 Å². The summed E-state index contributed by atoms with van der Waals surface area (Å²) in [5.41, 5.74) is 2.68. The van der Waals surface area contributed by atoms with E-state index in [1.807, 2.05) is 19.1 Å². The second-order valence-electron chi connectivity index (χ2n) is 9.37. The van der Waals surface area contributed by atoms with Gasteiger partial charge in [0.1, 0.15) is 0 Å². The van der Waals surface area contributed by atoms with Gasteiger partial charge in [-0.05, 0) is 66.8 Å². The van der Waals surface area contributed by atoms with E-state index in [0.29, 0.717) is 31.0 Å². The second-order valence-corrected chi connectivity index (χ2v) is 11.1. The number of allylic oxidation sites excluding steroid dienone is 1. The third-order valence-corrected chi connectivity index (χ3v) is 8.09. The number of nitrogens with zero attached hydrogens (tertiary/aromatic N) is 1. The molecule has 3 rings (SSSR count). The zero-order valence-corrected chi connectivity index (χ0v) is 20.8. The van der Waals surface area contributed by atoms with Gasteiger partial charge in [0.25, 0.3) is 0 Å². The van der Waals surface area contributed by atoms with Gasteiger partial charge in [0, 0.05) is 19.5 Å². The van der Waals surface area contributed by atoms with E-state index in [1.165, 1.54) is 0 Å². The predicted molar refractivity (Wildman–Crippen MR) is 133 cm³/mol. The number of nitrogens with one attached hydrogen (secondary N) is 2. The Morgan fingerprint density at radius 3 is 2.41 bits per heavy atom. The number of benzene rings is 2. The minimum atomic E-state index is -3.56. The molecule has 1 amide bonds. The van der Waals surface area contributed by atoms with Gasteiger partial charge in [0.05, 0.1) is 16.5 Å². The summed E-state index contributed by atoms with van der Waals surface area (Å²) >= 11 is 0. The fraction of sp³-hybridized carbons (Fsp3) is 0.407. The van der Waals surface area contributed by atoms with E-state index in [0.717, 1.165) is 17.6 Å². The molecule has 0 aliphatic heterocycles. The fourth-order valence-electron chi connectivity index (χ4n) is 4.59. The first-order valence-electron chi connectivity index (χ1n) is 11.7. The Morgan fingerprint density at radius 2 is 1.79 bits per heavy atom. The van der Waals surface area contributed by atoms with E-state index in [4.69, 9.17) is 5.26 Å². The average Bonchev–Trinajstić information content (AvgIpc) is 2.83. The van der Waals surface area contributed by atoms with Crippen LogP contribution in [0.5, 0.6) is 0 Å². The van der Waals surface area contributed by atoms with Crippen molar-refractivity contribution in [3.8, 4) is 6.07 Å². The molecule has 2 aromatic rings. The maximum atomic E-state index is 12.7.